The first-order valence-electron chi connectivity index (χ1n) is 6.57. The molecule has 1 aliphatic heterocycles. The lowest BCUT2D eigenvalue weighted by atomic mass is 10.1. The standard InChI is InChI=1S/C13H12FN5OS/c14-9-5-7(1-2-10(9)15)12-18-19-11(8-3-4-20-6-8)16-17-13(19)21-12/h1-2,5,8H,3-4,6,15H2. The minimum atomic E-state index is -0.442. The Morgan fingerprint density at radius 2 is 2.29 bits per heavy atom. The van der Waals surface area contributed by atoms with Crippen LogP contribution in [-0.2, 0) is 4.74 Å². The van der Waals surface area contributed by atoms with Crippen molar-refractivity contribution in [3.05, 3.63) is 29.8 Å². The van der Waals surface area contributed by atoms with E-state index < -0.39 is 5.82 Å². The largest absolute Gasteiger partial charge is 0.396 e. The van der Waals surface area contributed by atoms with Crippen molar-refractivity contribution in [1.82, 2.24) is 19.8 Å². The van der Waals surface area contributed by atoms with Gasteiger partial charge in [-0.25, -0.2) is 4.39 Å². The highest BCUT2D eigenvalue weighted by Crippen LogP contribution is 2.30. The molecule has 3 aromatic rings. The normalized spacial score (nSPS) is 18.6. The zero-order valence-corrected chi connectivity index (χ0v) is 11.8. The number of nitrogen functional groups attached to an aromatic ring is 1. The molecule has 0 spiro atoms. The van der Waals surface area contributed by atoms with Crippen molar-refractivity contribution in [2.75, 3.05) is 18.9 Å². The number of hydrogen-bond donors (Lipinski definition) is 1. The van der Waals surface area contributed by atoms with E-state index >= 15 is 0 Å². The van der Waals surface area contributed by atoms with Gasteiger partial charge in [-0.3, -0.25) is 0 Å². The molecule has 1 saturated heterocycles. The molecule has 0 amide bonds. The van der Waals surface area contributed by atoms with Crippen LogP contribution in [0, 0.1) is 5.82 Å². The van der Waals surface area contributed by atoms with Gasteiger partial charge in [0.25, 0.3) is 0 Å². The Hall–Kier alpha value is -2.06. The van der Waals surface area contributed by atoms with E-state index in [9.17, 15) is 4.39 Å². The molecule has 2 aromatic heterocycles. The Morgan fingerprint density at radius 1 is 1.38 bits per heavy atom. The van der Waals surface area contributed by atoms with Crippen LogP contribution < -0.4 is 5.73 Å². The van der Waals surface area contributed by atoms with E-state index in [1.807, 2.05) is 0 Å². The van der Waals surface area contributed by atoms with Crippen molar-refractivity contribution in [2.24, 2.45) is 0 Å². The first-order chi connectivity index (χ1) is 10.2. The number of nitrogens with zero attached hydrogens (tertiary/aromatic N) is 4. The predicted octanol–water partition coefficient (Wildman–Crippen LogP) is 2.08. The maximum Gasteiger partial charge on any atom is 0.234 e. The van der Waals surface area contributed by atoms with Gasteiger partial charge in [-0.05, 0) is 24.6 Å². The molecule has 21 heavy (non-hydrogen) atoms. The average molecular weight is 305 g/mol. The number of rotatable bonds is 2. The molecule has 1 unspecified atom stereocenters. The topological polar surface area (TPSA) is 78.3 Å². The summed E-state index contributed by atoms with van der Waals surface area (Å²) in [7, 11) is 0. The maximum atomic E-state index is 13.6. The van der Waals surface area contributed by atoms with Gasteiger partial charge in [0.15, 0.2) is 5.82 Å². The number of anilines is 1. The SMILES string of the molecule is Nc1ccc(-c2nn3c(C4CCOC4)nnc3s2)cc1F. The summed E-state index contributed by atoms with van der Waals surface area (Å²) < 4.78 is 20.7. The first kappa shape index (κ1) is 12.7. The number of halogens is 1. The van der Waals surface area contributed by atoms with Gasteiger partial charge in [0.2, 0.25) is 4.96 Å². The lowest BCUT2D eigenvalue weighted by Crippen LogP contribution is -2.04. The van der Waals surface area contributed by atoms with Gasteiger partial charge in [-0.1, -0.05) is 11.3 Å². The second kappa shape index (κ2) is 4.74. The number of nitrogens with two attached hydrogens (primary N) is 1. The van der Waals surface area contributed by atoms with Crippen LogP contribution in [-0.4, -0.2) is 33.0 Å². The fourth-order valence-electron chi connectivity index (χ4n) is 2.40. The molecule has 0 saturated carbocycles. The summed E-state index contributed by atoms with van der Waals surface area (Å²) >= 11 is 1.37. The highest BCUT2D eigenvalue weighted by atomic mass is 32.1. The molecular formula is C13H12FN5OS. The summed E-state index contributed by atoms with van der Waals surface area (Å²) in [5.41, 5.74) is 6.31. The Bertz CT molecular complexity index is 808. The lowest BCUT2D eigenvalue weighted by molar-refractivity contribution is 0.193. The minimum Gasteiger partial charge on any atom is -0.396 e. The summed E-state index contributed by atoms with van der Waals surface area (Å²) in [5, 5.41) is 13.5. The van der Waals surface area contributed by atoms with Crippen molar-refractivity contribution in [2.45, 2.75) is 12.3 Å². The monoisotopic (exact) mass is 305 g/mol. The molecule has 2 N–H and O–H groups in total. The first-order valence-corrected chi connectivity index (χ1v) is 7.39. The van der Waals surface area contributed by atoms with E-state index in [1.165, 1.54) is 17.4 Å². The van der Waals surface area contributed by atoms with Gasteiger partial charge < -0.3 is 10.5 Å². The number of benzene rings is 1. The third kappa shape index (κ3) is 2.07. The molecule has 108 valence electrons. The molecule has 1 aliphatic rings. The summed E-state index contributed by atoms with van der Waals surface area (Å²) in [6.07, 6.45) is 0.921. The van der Waals surface area contributed by atoms with Crippen molar-refractivity contribution in [1.29, 1.82) is 0 Å². The van der Waals surface area contributed by atoms with Gasteiger partial charge in [-0.2, -0.15) is 9.61 Å². The Labute approximate surface area is 123 Å². The highest BCUT2D eigenvalue weighted by molar-refractivity contribution is 7.19. The van der Waals surface area contributed by atoms with Gasteiger partial charge in [-0.15, -0.1) is 10.2 Å². The average Bonchev–Trinajstić information content (AvgIpc) is 3.16. The summed E-state index contributed by atoms with van der Waals surface area (Å²) in [4.78, 5) is 0.698. The van der Waals surface area contributed by atoms with Crippen molar-refractivity contribution >= 4 is 22.0 Å². The molecule has 1 atom stereocenters. The van der Waals surface area contributed by atoms with Crippen LogP contribution in [0.5, 0.6) is 0 Å². The third-order valence-electron chi connectivity index (χ3n) is 3.56. The van der Waals surface area contributed by atoms with Gasteiger partial charge in [0.05, 0.1) is 12.3 Å². The van der Waals surface area contributed by atoms with E-state index in [0.29, 0.717) is 22.1 Å². The van der Waals surface area contributed by atoms with Crippen LogP contribution in [0.2, 0.25) is 0 Å². The number of fused-ring (bicyclic) bond motifs is 1. The Balaban J connectivity index is 1.78. The molecule has 4 rings (SSSR count). The number of hydrogen-bond acceptors (Lipinski definition) is 6. The van der Waals surface area contributed by atoms with Gasteiger partial charge in [0.1, 0.15) is 10.8 Å². The van der Waals surface area contributed by atoms with E-state index in [1.54, 1.807) is 16.6 Å². The van der Waals surface area contributed by atoms with E-state index in [-0.39, 0.29) is 11.6 Å². The molecule has 0 radical (unpaired) electrons. The summed E-state index contributed by atoms with van der Waals surface area (Å²) in [6, 6.07) is 4.68. The highest BCUT2D eigenvalue weighted by Gasteiger charge is 2.25. The van der Waals surface area contributed by atoms with Crippen LogP contribution in [0.25, 0.3) is 15.5 Å². The van der Waals surface area contributed by atoms with Crippen LogP contribution in [0.3, 0.4) is 0 Å². The summed E-state index contributed by atoms with van der Waals surface area (Å²) in [5.74, 6) is 0.585. The third-order valence-corrected chi connectivity index (χ3v) is 4.51. The molecule has 3 heterocycles. The molecule has 6 nitrogen and oxygen atoms in total. The smallest absolute Gasteiger partial charge is 0.234 e. The van der Waals surface area contributed by atoms with Crippen molar-refractivity contribution < 1.29 is 9.13 Å². The van der Waals surface area contributed by atoms with Crippen molar-refractivity contribution in [3.8, 4) is 10.6 Å². The van der Waals surface area contributed by atoms with E-state index in [4.69, 9.17) is 10.5 Å². The second-order valence-electron chi connectivity index (χ2n) is 4.96. The van der Waals surface area contributed by atoms with Crippen molar-refractivity contribution in [3.63, 3.8) is 0 Å². The lowest BCUT2D eigenvalue weighted by Gasteiger charge is -2.02. The van der Waals surface area contributed by atoms with E-state index in [0.717, 1.165) is 18.9 Å². The minimum absolute atomic E-state index is 0.130. The van der Waals surface area contributed by atoms with Crippen LogP contribution in [0.4, 0.5) is 10.1 Å². The maximum absolute atomic E-state index is 13.6. The van der Waals surface area contributed by atoms with Crippen LogP contribution >= 0.6 is 11.3 Å². The zero-order chi connectivity index (χ0) is 14.4. The molecule has 1 aromatic carbocycles. The fraction of sp³-hybridized carbons (Fsp3) is 0.308. The molecule has 1 fully saturated rings. The fourth-order valence-corrected chi connectivity index (χ4v) is 3.24. The summed E-state index contributed by atoms with van der Waals surface area (Å²) in [6.45, 7) is 1.38. The van der Waals surface area contributed by atoms with Gasteiger partial charge >= 0.3 is 0 Å². The number of aromatic nitrogens is 4. The van der Waals surface area contributed by atoms with E-state index in [2.05, 4.69) is 15.3 Å². The molecule has 0 aliphatic carbocycles. The number of ether oxygens (including phenoxy) is 1. The second-order valence-corrected chi connectivity index (χ2v) is 5.91. The van der Waals surface area contributed by atoms with Crippen LogP contribution in [0.15, 0.2) is 18.2 Å². The molecular weight excluding hydrogens is 293 g/mol. The quantitative estimate of drug-likeness (QED) is 0.733. The predicted molar refractivity (Wildman–Crippen MR) is 76.6 cm³/mol. The zero-order valence-electron chi connectivity index (χ0n) is 11.0. The molecule has 0 bridgehead atoms. The van der Waals surface area contributed by atoms with Gasteiger partial charge in [0, 0.05) is 18.1 Å². The molecule has 8 heteroatoms. The Kier molecular flexibility index (Phi) is 2.86. The Morgan fingerprint density at radius 3 is 3.05 bits per heavy atom. The van der Waals surface area contributed by atoms with Crippen LogP contribution in [0.1, 0.15) is 18.2 Å².